The van der Waals surface area contributed by atoms with Crippen LogP contribution in [0.25, 0.3) is 0 Å². The number of nitrogens with two attached hydrogens (primary N) is 1. The lowest BCUT2D eigenvalue weighted by Crippen LogP contribution is -2.41. The van der Waals surface area contributed by atoms with E-state index in [1.807, 2.05) is 37.3 Å². The van der Waals surface area contributed by atoms with Crippen LogP contribution in [-0.4, -0.2) is 24.2 Å². The predicted molar refractivity (Wildman–Crippen MR) is 103 cm³/mol. The third kappa shape index (κ3) is 6.87. The van der Waals surface area contributed by atoms with Gasteiger partial charge in [-0.05, 0) is 50.2 Å². The molecule has 4 atom stereocenters. The van der Waals surface area contributed by atoms with Crippen LogP contribution in [0.2, 0.25) is 0 Å². The van der Waals surface area contributed by atoms with Crippen LogP contribution < -0.4 is 10.5 Å². The molecule has 1 fully saturated rings. The number of carbonyl (C=O) groups is 1. The van der Waals surface area contributed by atoms with E-state index >= 15 is 0 Å². The zero-order valence-electron chi connectivity index (χ0n) is 15.5. The van der Waals surface area contributed by atoms with Gasteiger partial charge in [0.25, 0.3) is 0 Å². The Morgan fingerprint density at radius 1 is 1.24 bits per heavy atom. The first kappa shape index (κ1) is 21.8. The molecule has 0 aromatic heterocycles. The van der Waals surface area contributed by atoms with Gasteiger partial charge in [0, 0.05) is 0 Å². The van der Waals surface area contributed by atoms with Crippen molar-refractivity contribution in [1.29, 1.82) is 0 Å². The van der Waals surface area contributed by atoms with Gasteiger partial charge in [0.15, 0.2) is 0 Å². The molecular weight excluding hydrogens is 338 g/mol. The van der Waals surface area contributed by atoms with Crippen molar-refractivity contribution in [2.45, 2.75) is 71.1 Å². The molecule has 1 saturated heterocycles. The van der Waals surface area contributed by atoms with E-state index in [4.69, 9.17) is 15.2 Å². The van der Waals surface area contributed by atoms with Crippen LogP contribution in [0, 0.1) is 11.8 Å². The van der Waals surface area contributed by atoms with Gasteiger partial charge in [-0.1, -0.05) is 44.9 Å². The number of ether oxygens (including phenoxy) is 2. The molecule has 0 radical (unpaired) electrons. The molecule has 2 N–H and O–H groups in total. The molecule has 1 aliphatic heterocycles. The minimum Gasteiger partial charge on any atom is -0.486 e. The SMILES string of the molecule is CC(C)CC[C@H]1CCC[C@H](N)C(=O)O[C@@H](C)[C@@H]1Oc1ccccc1.Cl. The first-order valence-corrected chi connectivity index (χ1v) is 9.15. The highest BCUT2D eigenvalue weighted by Crippen LogP contribution is 2.29. The van der Waals surface area contributed by atoms with Gasteiger partial charge in [-0.2, -0.15) is 0 Å². The summed E-state index contributed by atoms with van der Waals surface area (Å²) in [5.74, 6) is 1.52. The first-order chi connectivity index (χ1) is 11.5. The Bertz CT molecular complexity index is 509. The molecule has 0 amide bonds. The normalized spacial score (nSPS) is 27.5. The summed E-state index contributed by atoms with van der Waals surface area (Å²) in [6.07, 6.45) is 4.40. The highest BCUT2D eigenvalue weighted by atomic mass is 35.5. The standard InChI is InChI=1S/C20H31NO3.ClH/c1-14(2)12-13-16-8-7-11-18(21)20(22)23-15(3)19(16)24-17-9-5-4-6-10-17;/h4-6,9-10,14-16,18-19H,7-8,11-13,21H2,1-3H3;1H/t15-,16+,18-,19-;/m0./s1. The molecular formula is C20H32ClNO3. The van der Waals surface area contributed by atoms with Gasteiger partial charge in [0.05, 0.1) is 0 Å². The van der Waals surface area contributed by atoms with Crippen LogP contribution in [-0.2, 0) is 9.53 Å². The Labute approximate surface area is 157 Å². The van der Waals surface area contributed by atoms with Gasteiger partial charge in [-0.15, -0.1) is 12.4 Å². The molecule has 0 saturated carbocycles. The largest absolute Gasteiger partial charge is 0.486 e. The van der Waals surface area contributed by atoms with Gasteiger partial charge in [0.1, 0.15) is 24.0 Å². The van der Waals surface area contributed by atoms with E-state index in [-0.39, 0.29) is 30.6 Å². The fraction of sp³-hybridized carbons (Fsp3) is 0.650. The Hall–Kier alpha value is -1.26. The molecule has 2 rings (SSSR count). The summed E-state index contributed by atoms with van der Waals surface area (Å²) >= 11 is 0. The molecule has 142 valence electrons. The molecule has 5 heteroatoms. The number of halogens is 1. The molecule has 0 aliphatic carbocycles. The predicted octanol–water partition coefficient (Wildman–Crippen LogP) is 4.35. The third-order valence-corrected chi connectivity index (χ3v) is 4.75. The average molecular weight is 370 g/mol. The minimum atomic E-state index is -0.520. The highest BCUT2D eigenvalue weighted by Gasteiger charge is 2.34. The van der Waals surface area contributed by atoms with Crippen LogP contribution in [0.3, 0.4) is 0 Å². The molecule has 1 aromatic carbocycles. The van der Waals surface area contributed by atoms with E-state index in [1.165, 1.54) is 0 Å². The molecule has 4 nitrogen and oxygen atoms in total. The smallest absolute Gasteiger partial charge is 0.323 e. The number of esters is 1. The van der Waals surface area contributed by atoms with E-state index in [0.29, 0.717) is 18.3 Å². The number of para-hydroxylation sites is 1. The van der Waals surface area contributed by atoms with Gasteiger partial charge < -0.3 is 15.2 Å². The van der Waals surface area contributed by atoms with Crippen molar-refractivity contribution in [3.8, 4) is 5.75 Å². The molecule has 1 aliphatic rings. The summed E-state index contributed by atoms with van der Waals surface area (Å²) < 4.78 is 11.9. The van der Waals surface area contributed by atoms with Gasteiger partial charge in [-0.3, -0.25) is 4.79 Å². The quantitative estimate of drug-likeness (QED) is 0.783. The van der Waals surface area contributed by atoms with Crippen molar-refractivity contribution in [2.24, 2.45) is 17.6 Å². The Morgan fingerprint density at radius 2 is 1.92 bits per heavy atom. The van der Waals surface area contributed by atoms with E-state index in [9.17, 15) is 4.79 Å². The fourth-order valence-corrected chi connectivity index (χ4v) is 3.31. The van der Waals surface area contributed by atoms with E-state index in [1.54, 1.807) is 0 Å². The minimum absolute atomic E-state index is 0. The maximum Gasteiger partial charge on any atom is 0.323 e. The van der Waals surface area contributed by atoms with Crippen LogP contribution in [0.1, 0.15) is 52.9 Å². The second-order valence-electron chi connectivity index (χ2n) is 7.31. The number of carbonyl (C=O) groups excluding carboxylic acids is 1. The molecule has 0 spiro atoms. The van der Waals surface area contributed by atoms with E-state index < -0.39 is 6.04 Å². The summed E-state index contributed by atoms with van der Waals surface area (Å²) in [5.41, 5.74) is 5.93. The van der Waals surface area contributed by atoms with Gasteiger partial charge >= 0.3 is 5.97 Å². The number of rotatable bonds is 5. The Morgan fingerprint density at radius 3 is 2.56 bits per heavy atom. The van der Waals surface area contributed by atoms with E-state index in [2.05, 4.69) is 13.8 Å². The zero-order chi connectivity index (χ0) is 17.5. The summed E-state index contributed by atoms with van der Waals surface area (Å²) in [6.45, 7) is 6.40. The monoisotopic (exact) mass is 369 g/mol. The lowest BCUT2D eigenvalue weighted by atomic mass is 9.86. The lowest BCUT2D eigenvalue weighted by Gasteiger charge is -2.32. The topological polar surface area (TPSA) is 61.6 Å². The van der Waals surface area contributed by atoms with Crippen LogP contribution in [0.4, 0.5) is 0 Å². The second kappa shape index (κ2) is 10.7. The summed E-state index contributed by atoms with van der Waals surface area (Å²) in [6, 6.07) is 9.27. The summed E-state index contributed by atoms with van der Waals surface area (Å²) in [7, 11) is 0. The fourth-order valence-electron chi connectivity index (χ4n) is 3.31. The second-order valence-corrected chi connectivity index (χ2v) is 7.31. The van der Waals surface area contributed by atoms with Crippen LogP contribution in [0.15, 0.2) is 30.3 Å². The van der Waals surface area contributed by atoms with Crippen molar-refractivity contribution in [2.75, 3.05) is 0 Å². The number of hydrogen-bond donors (Lipinski definition) is 1. The molecule has 1 aromatic rings. The maximum absolute atomic E-state index is 12.1. The zero-order valence-corrected chi connectivity index (χ0v) is 16.3. The van der Waals surface area contributed by atoms with Crippen molar-refractivity contribution in [1.82, 2.24) is 0 Å². The van der Waals surface area contributed by atoms with Crippen LogP contribution >= 0.6 is 12.4 Å². The molecule has 0 bridgehead atoms. The maximum atomic E-state index is 12.1. The van der Waals surface area contributed by atoms with Crippen LogP contribution in [0.5, 0.6) is 5.75 Å². The average Bonchev–Trinajstić information content (AvgIpc) is 2.60. The number of hydrogen-bond acceptors (Lipinski definition) is 4. The van der Waals surface area contributed by atoms with Gasteiger partial charge in [0.2, 0.25) is 0 Å². The lowest BCUT2D eigenvalue weighted by molar-refractivity contribution is -0.155. The van der Waals surface area contributed by atoms with E-state index in [0.717, 1.165) is 31.4 Å². The molecule has 0 unspecified atom stereocenters. The highest BCUT2D eigenvalue weighted by molar-refractivity contribution is 5.85. The summed E-state index contributed by atoms with van der Waals surface area (Å²) in [4.78, 5) is 12.1. The van der Waals surface area contributed by atoms with Crippen molar-refractivity contribution < 1.29 is 14.3 Å². The van der Waals surface area contributed by atoms with Crippen molar-refractivity contribution in [3.63, 3.8) is 0 Å². The Kier molecular flexibility index (Phi) is 9.30. The summed E-state index contributed by atoms with van der Waals surface area (Å²) in [5, 5.41) is 0. The number of cyclic esters (lactones) is 1. The number of benzene rings is 1. The van der Waals surface area contributed by atoms with Crippen molar-refractivity contribution >= 4 is 18.4 Å². The molecule has 1 heterocycles. The molecule has 25 heavy (non-hydrogen) atoms. The Balaban J connectivity index is 0.00000312. The van der Waals surface area contributed by atoms with Gasteiger partial charge in [-0.25, -0.2) is 0 Å². The first-order valence-electron chi connectivity index (χ1n) is 9.15. The third-order valence-electron chi connectivity index (χ3n) is 4.75. The van der Waals surface area contributed by atoms with Crippen molar-refractivity contribution in [3.05, 3.63) is 30.3 Å².